The van der Waals surface area contributed by atoms with Crippen LogP contribution in [0.15, 0.2) is 83.8 Å². The molecule has 0 heterocycles. The molecule has 0 radical (unpaired) electrons. The lowest BCUT2D eigenvalue weighted by Crippen LogP contribution is -2.52. The molecule has 40 heavy (non-hydrogen) atoms. The molecule has 1 aliphatic rings. The predicted molar refractivity (Wildman–Crippen MR) is 156 cm³/mol. The molecular weight excluding hydrogens is 526 g/mol. The minimum absolute atomic E-state index is 0.0655. The Morgan fingerprint density at radius 1 is 0.950 bits per heavy atom. The van der Waals surface area contributed by atoms with Gasteiger partial charge in [-0.3, -0.25) is 13.9 Å². The first-order chi connectivity index (χ1) is 19.2. The molecule has 1 saturated carbocycles. The van der Waals surface area contributed by atoms with Gasteiger partial charge in [0.05, 0.1) is 17.7 Å². The Morgan fingerprint density at radius 3 is 2.17 bits per heavy atom. The Bertz CT molecular complexity index is 1390. The van der Waals surface area contributed by atoms with Crippen molar-refractivity contribution in [3.05, 3.63) is 90.0 Å². The van der Waals surface area contributed by atoms with Crippen molar-refractivity contribution in [1.82, 2.24) is 10.2 Å². The van der Waals surface area contributed by atoms with E-state index in [4.69, 9.17) is 4.74 Å². The van der Waals surface area contributed by atoms with E-state index in [-0.39, 0.29) is 23.4 Å². The first kappa shape index (κ1) is 29.1. The fourth-order valence-corrected chi connectivity index (χ4v) is 6.30. The van der Waals surface area contributed by atoms with E-state index < -0.39 is 28.5 Å². The van der Waals surface area contributed by atoms with Gasteiger partial charge in [0.15, 0.2) is 0 Å². The number of amides is 2. The van der Waals surface area contributed by atoms with Crippen LogP contribution in [0.4, 0.5) is 5.69 Å². The maximum absolute atomic E-state index is 14.0. The smallest absolute Gasteiger partial charge is 0.264 e. The Balaban J connectivity index is 1.67. The molecule has 0 saturated heterocycles. The van der Waals surface area contributed by atoms with Crippen molar-refractivity contribution in [1.29, 1.82) is 0 Å². The second kappa shape index (κ2) is 13.0. The van der Waals surface area contributed by atoms with Gasteiger partial charge in [0.2, 0.25) is 11.8 Å². The minimum Gasteiger partial charge on any atom is -0.497 e. The van der Waals surface area contributed by atoms with E-state index in [1.807, 2.05) is 31.2 Å². The third-order valence-electron chi connectivity index (χ3n) is 7.31. The SMILES string of the molecule is COc1ccc(N(CC(=O)N(Cc2ccc(C)cc2)[C@H](C)C(=O)NC2CCCC2)S(=O)(=O)c2ccccc2)cc1. The summed E-state index contributed by atoms with van der Waals surface area (Å²) in [6, 6.07) is 21.5. The van der Waals surface area contributed by atoms with Crippen LogP contribution in [0.1, 0.15) is 43.7 Å². The molecule has 8 nitrogen and oxygen atoms in total. The van der Waals surface area contributed by atoms with Gasteiger partial charge in [-0.1, -0.05) is 60.9 Å². The maximum Gasteiger partial charge on any atom is 0.264 e. The van der Waals surface area contributed by atoms with Crippen molar-refractivity contribution in [2.75, 3.05) is 18.0 Å². The van der Waals surface area contributed by atoms with Gasteiger partial charge in [-0.2, -0.15) is 0 Å². The number of methoxy groups -OCH3 is 1. The first-order valence-corrected chi connectivity index (χ1v) is 15.0. The van der Waals surface area contributed by atoms with Gasteiger partial charge in [0.25, 0.3) is 10.0 Å². The molecule has 1 fully saturated rings. The number of nitrogens with zero attached hydrogens (tertiary/aromatic N) is 2. The Kier molecular flexibility index (Phi) is 9.47. The summed E-state index contributed by atoms with van der Waals surface area (Å²) in [4.78, 5) is 28.8. The molecule has 3 aromatic carbocycles. The van der Waals surface area contributed by atoms with E-state index in [2.05, 4.69) is 5.32 Å². The molecule has 1 aliphatic carbocycles. The summed E-state index contributed by atoms with van der Waals surface area (Å²) in [5.74, 6) is -0.162. The molecule has 2 amide bonds. The quantitative estimate of drug-likeness (QED) is 0.366. The lowest BCUT2D eigenvalue weighted by molar-refractivity contribution is -0.139. The molecule has 4 rings (SSSR count). The fraction of sp³-hybridized carbons (Fsp3) is 0.355. The van der Waals surface area contributed by atoms with E-state index in [1.54, 1.807) is 49.4 Å². The highest BCUT2D eigenvalue weighted by Crippen LogP contribution is 2.26. The van der Waals surface area contributed by atoms with Crippen LogP contribution in [-0.4, -0.2) is 50.9 Å². The van der Waals surface area contributed by atoms with Crippen LogP contribution in [-0.2, 0) is 26.2 Å². The molecule has 212 valence electrons. The van der Waals surface area contributed by atoms with Gasteiger partial charge in [-0.05, 0) is 68.7 Å². The van der Waals surface area contributed by atoms with E-state index in [9.17, 15) is 18.0 Å². The summed E-state index contributed by atoms with van der Waals surface area (Å²) in [5, 5.41) is 3.08. The van der Waals surface area contributed by atoms with Crippen molar-refractivity contribution in [3.63, 3.8) is 0 Å². The number of benzene rings is 3. The van der Waals surface area contributed by atoms with Crippen LogP contribution in [0.3, 0.4) is 0 Å². The number of ether oxygens (including phenoxy) is 1. The number of anilines is 1. The molecule has 1 atom stereocenters. The highest BCUT2D eigenvalue weighted by Gasteiger charge is 2.33. The summed E-state index contributed by atoms with van der Waals surface area (Å²) < 4.78 is 34.0. The Labute approximate surface area is 237 Å². The van der Waals surface area contributed by atoms with E-state index >= 15 is 0 Å². The van der Waals surface area contributed by atoms with Crippen LogP contribution in [0, 0.1) is 6.92 Å². The maximum atomic E-state index is 14.0. The van der Waals surface area contributed by atoms with Crippen molar-refractivity contribution < 1.29 is 22.7 Å². The first-order valence-electron chi connectivity index (χ1n) is 13.6. The van der Waals surface area contributed by atoms with Gasteiger partial charge in [-0.15, -0.1) is 0 Å². The Hall–Kier alpha value is -3.85. The van der Waals surface area contributed by atoms with Crippen LogP contribution < -0.4 is 14.4 Å². The third kappa shape index (κ3) is 7.01. The minimum atomic E-state index is -4.10. The summed E-state index contributed by atoms with van der Waals surface area (Å²) in [5.41, 5.74) is 2.24. The number of aryl methyl sites for hydroxylation is 1. The zero-order chi connectivity index (χ0) is 28.7. The summed E-state index contributed by atoms with van der Waals surface area (Å²) in [6.45, 7) is 3.36. The molecule has 0 unspecified atom stereocenters. The largest absolute Gasteiger partial charge is 0.497 e. The lowest BCUT2D eigenvalue weighted by Gasteiger charge is -2.32. The van der Waals surface area contributed by atoms with Crippen molar-refractivity contribution >= 4 is 27.5 Å². The average molecular weight is 564 g/mol. The number of nitrogens with one attached hydrogen (secondary N) is 1. The second-order valence-electron chi connectivity index (χ2n) is 10.2. The molecule has 3 aromatic rings. The summed E-state index contributed by atoms with van der Waals surface area (Å²) in [7, 11) is -2.58. The normalized spacial score (nSPS) is 14.4. The van der Waals surface area contributed by atoms with Gasteiger partial charge in [0.1, 0.15) is 18.3 Å². The molecule has 9 heteroatoms. The van der Waals surface area contributed by atoms with Crippen molar-refractivity contribution in [2.24, 2.45) is 0 Å². The van der Waals surface area contributed by atoms with E-state index in [0.29, 0.717) is 11.4 Å². The topological polar surface area (TPSA) is 96.0 Å². The number of rotatable bonds is 11. The van der Waals surface area contributed by atoms with Gasteiger partial charge in [-0.25, -0.2) is 8.42 Å². The zero-order valence-corrected chi connectivity index (χ0v) is 24.1. The number of carbonyl (C=O) groups excluding carboxylic acids is 2. The van der Waals surface area contributed by atoms with Gasteiger partial charge in [0, 0.05) is 12.6 Å². The molecular formula is C31H37N3O5S. The highest BCUT2D eigenvalue weighted by molar-refractivity contribution is 7.92. The second-order valence-corrected chi connectivity index (χ2v) is 12.1. The standard InChI is InChI=1S/C31H37N3O5S/c1-23-13-15-25(16-14-23)21-33(24(2)31(36)32-26-9-7-8-10-26)30(35)22-34(27-17-19-28(39-3)20-18-27)40(37,38)29-11-5-4-6-12-29/h4-6,11-20,24,26H,7-10,21-22H2,1-3H3,(H,32,36)/t24-/m1/s1. The van der Waals surface area contributed by atoms with Gasteiger partial charge >= 0.3 is 0 Å². The lowest BCUT2D eigenvalue weighted by atomic mass is 10.1. The van der Waals surface area contributed by atoms with Crippen LogP contribution in [0.2, 0.25) is 0 Å². The monoisotopic (exact) mass is 563 g/mol. The fourth-order valence-electron chi connectivity index (χ4n) is 4.86. The Morgan fingerprint density at radius 2 is 1.57 bits per heavy atom. The molecule has 0 spiro atoms. The number of hydrogen-bond donors (Lipinski definition) is 1. The molecule has 0 aliphatic heterocycles. The summed E-state index contributed by atoms with van der Waals surface area (Å²) in [6.07, 6.45) is 3.98. The summed E-state index contributed by atoms with van der Waals surface area (Å²) >= 11 is 0. The van der Waals surface area contributed by atoms with E-state index in [0.717, 1.165) is 41.1 Å². The van der Waals surface area contributed by atoms with Crippen LogP contribution in [0.5, 0.6) is 5.75 Å². The highest BCUT2D eigenvalue weighted by atomic mass is 32.2. The number of carbonyl (C=O) groups is 2. The predicted octanol–water partition coefficient (Wildman–Crippen LogP) is 4.68. The number of hydrogen-bond acceptors (Lipinski definition) is 5. The van der Waals surface area contributed by atoms with Gasteiger partial charge < -0.3 is 15.0 Å². The molecule has 1 N–H and O–H groups in total. The van der Waals surface area contributed by atoms with Crippen molar-refractivity contribution in [3.8, 4) is 5.75 Å². The number of sulfonamides is 1. The zero-order valence-electron chi connectivity index (χ0n) is 23.2. The van der Waals surface area contributed by atoms with Crippen LogP contribution >= 0.6 is 0 Å². The molecule has 0 aromatic heterocycles. The molecule has 0 bridgehead atoms. The average Bonchev–Trinajstić information content (AvgIpc) is 3.48. The van der Waals surface area contributed by atoms with E-state index in [1.165, 1.54) is 24.1 Å². The third-order valence-corrected chi connectivity index (χ3v) is 9.10. The van der Waals surface area contributed by atoms with Crippen LogP contribution in [0.25, 0.3) is 0 Å². The van der Waals surface area contributed by atoms with Crippen molar-refractivity contribution in [2.45, 2.75) is 63.1 Å².